The number of hydrogen-bond acceptors (Lipinski definition) is 1. The van der Waals surface area contributed by atoms with Crippen molar-refractivity contribution in [2.45, 2.75) is 87.4 Å². The van der Waals surface area contributed by atoms with Crippen LogP contribution in [0.15, 0.2) is 0 Å². The molecular formula is C15H27IO. The Labute approximate surface area is 120 Å². The molecule has 1 nitrogen and oxygen atoms in total. The molecule has 0 aliphatic heterocycles. The lowest BCUT2D eigenvalue weighted by Gasteiger charge is -2.08. The van der Waals surface area contributed by atoms with Crippen molar-refractivity contribution in [3.63, 3.8) is 0 Å². The Morgan fingerprint density at radius 2 is 1.12 bits per heavy atom. The van der Waals surface area contributed by atoms with Gasteiger partial charge in [-0.25, -0.2) is 0 Å². The van der Waals surface area contributed by atoms with Crippen LogP contribution in [0.3, 0.4) is 0 Å². The van der Waals surface area contributed by atoms with Gasteiger partial charge in [-0.1, -0.05) is 86.8 Å². The van der Waals surface area contributed by atoms with Gasteiger partial charge in [0, 0.05) is 6.42 Å². The second kappa shape index (κ2) is 10.3. The van der Waals surface area contributed by atoms with E-state index in [-0.39, 0.29) is 3.92 Å². The lowest BCUT2D eigenvalue weighted by Crippen LogP contribution is -2.13. The van der Waals surface area contributed by atoms with Crippen molar-refractivity contribution >= 4 is 28.4 Å². The van der Waals surface area contributed by atoms with Gasteiger partial charge in [0.05, 0.1) is 3.92 Å². The van der Waals surface area contributed by atoms with Crippen molar-refractivity contribution in [3.05, 3.63) is 0 Å². The van der Waals surface area contributed by atoms with Gasteiger partial charge >= 0.3 is 0 Å². The molecule has 1 rings (SSSR count). The standard InChI is InChI=1S/C15H27IO/c16-14-12-10-8-6-4-2-1-3-5-7-9-11-13-15(14)17/h14H,1-13H2. The van der Waals surface area contributed by atoms with Crippen LogP contribution in [-0.2, 0) is 4.79 Å². The number of halogens is 1. The van der Waals surface area contributed by atoms with E-state index in [4.69, 9.17) is 0 Å². The fraction of sp³-hybridized carbons (Fsp3) is 0.933. The van der Waals surface area contributed by atoms with Crippen molar-refractivity contribution in [3.8, 4) is 0 Å². The summed E-state index contributed by atoms with van der Waals surface area (Å²) >= 11 is 2.35. The van der Waals surface area contributed by atoms with Crippen LogP contribution >= 0.6 is 22.6 Å². The van der Waals surface area contributed by atoms with Crippen LogP contribution in [0.5, 0.6) is 0 Å². The van der Waals surface area contributed by atoms with Crippen LogP contribution in [0.2, 0.25) is 0 Å². The molecule has 0 spiro atoms. The largest absolute Gasteiger partial charge is 0.299 e. The third-order valence-electron chi connectivity index (χ3n) is 3.73. The molecule has 0 aromatic carbocycles. The molecule has 0 aromatic heterocycles. The smallest absolute Gasteiger partial charge is 0.145 e. The van der Waals surface area contributed by atoms with Gasteiger partial charge in [0.1, 0.15) is 5.78 Å². The Hall–Kier alpha value is 0.400. The Balaban J connectivity index is 2.24. The molecule has 2 heteroatoms. The van der Waals surface area contributed by atoms with E-state index in [0.29, 0.717) is 5.78 Å². The molecule has 0 amide bonds. The summed E-state index contributed by atoms with van der Waals surface area (Å²) in [6.07, 6.45) is 16.6. The molecule has 17 heavy (non-hydrogen) atoms. The Morgan fingerprint density at radius 1 is 0.706 bits per heavy atom. The summed E-state index contributed by atoms with van der Waals surface area (Å²) in [5, 5.41) is 0. The van der Waals surface area contributed by atoms with E-state index in [1.54, 1.807) is 0 Å². The van der Waals surface area contributed by atoms with E-state index in [0.717, 1.165) is 19.3 Å². The van der Waals surface area contributed by atoms with Crippen molar-refractivity contribution < 1.29 is 4.79 Å². The highest BCUT2D eigenvalue weighted by Crippen LogP contribution is 2.19. The fourth-order valence-electron chi connectivity index (χ4n) is 2.53. The molecule has 0 radical (unpaired) electrons. The van der Waals surface area contributed by atoms with Crippen molar-refractivity contribution in [2.75, 3.05) is 0 Å². The van der Waals surface area contributed by atoms with Crippen molar-refractivity contribution in [2.24, 2.45) is 0 Å². The van der Waals surface area contributed by atoms with E-state index in [1.807, 2.05) is 0 Å². The predicted octanol–water partition coefficient (Wildman–Crippen LogP) is 5.44. The molecule has 0 aromatic rings. The number of alkyl halides is 1. The molecule has 0 N–H and O–H groups in total. The minimum Gasteiger partial charge on any atom is -0.299 e. The number of carbonyl (C=O) groups is 1. The highest BCUT2D eigenvalue weighted by atomic mass is 127. The quantitative estimate of drug-likeness (QED) is 0.420. The van der Waals surface area contributed by atoms with Gasteiger partial charge in [0.15, 0.2) is 0 Å². The average Bonchev–Trinajstić information content (AvgIpc) is 2.34. The van der Waals surface area contributed by atoms with Crippen molar-refractivity contribution in [1.82, 2.24) is 0 Å². The van der Waals surface area contributed by atoms with Crippen LogP contribution in [0, 0.1) is 0 Å². The Bertz CT molecular complexity index is 203. The maximum absolute atomic E-state index is 11.8. The second-order valence-corrected chi connectivity index (χ2v) is 6.87. The van der Waals surface area contributed by atoms with Crippen LogP contribution in [0.4, 0.5) is 0 Å². The molecule has 1 aliphatic carbocycles. The maximum atomic E-state index is 11.8. The van der Waals surface area contributed by atoms with Crippen LogP contribution in [-0.4, -0.2) is 9.71 Å². The third-order valence-corrected chi connectivity index (χ3v) is 5.05. The molecule has 1 fully saturated rings. The number of hydrogen-bond donors (Lipinski definition) is 0. The zero-order valence-corrected chi connectivity index (χ0v) is 13.2. The summed E-state index contributed by atoms with van der Waals surface area (Å²) in [7, 11) is 0. The maximum Gasteiger partial charge on any atom is 0.145 e. The molecular weight excluding hydrogens is 323 g/mol. The van der Waals surface area contributed by atoms with E-state index in [9.17, 15) is 4.79 Å². The zero-order valence-electron chi connectivity index (χ0n) is 11.1. The first-order chi connectivity index (χ1) is 8.30. The SMILES string of the molecule is O=C1CCCCCCCCCCCCCC1I. The van der Waals surface area contributed by atoms with Gasteiger partial charge in [0.25, 0.3) is 0 Å². The first-order valence-electron chi connectivity index (χ1n) is 7.47. The van der Waals surface area contributed by atoms with E-state index >= 15 is 0 Å². The van der Waals surface area contributed by atoms with Gasteiger partial charge in [-0.15, -0.1) is 0 Å². The molecule has 1 saturated carbocycles. The summed E-state index contributed by atoms with van der Waals surface area (Å²) in [5.41, 5.74) is 0. The van der Waals surface area contributed by atoms with Gasteiger partial charge in [-0.05, 0) is 12.8 Å². The van der Waals surface area contributed by atoms with Gasteiger partial charge in [-0.3, -0.25) is 4.79 Å². The summed E-state index contributed by atoms with van der Waals surface area (Å²) in [5.74, 6) is 0.500. The van der Waals surface area contributed by atoms with E-state index in [2.05, 4.69) is 22.6 Å². The Morgan fingerprint density at radius 3 is 1.65 bits per heavy atom. The zero-order chi connectivity index (χ0) is 12.3. The van der Waals surface area contributed by atoms with Gasteiger partial charge in [0.2, 0.25) is 0 Å². The second-order valence-electron chi connectivity index (χ2n) is 5.36. The molecule has 1 atom stereocenters. The number of ketones is 1. The van der Waals surface area contributed by atoms with Crippen LogP contribution in [0.25, 0.3) is 0 Å². The average molecular weight is 350 g/mol. The number of carbonyl (C=O) groups excluding carboxylic acids is 1. The highest BCUT2D eigenvalue weighted by Gasteiger charge is 2.13. The van der Waals surface area contributed by atoms with Gasteiger partial charge < -0.3 is 0 Å². The monoisotopic (exact) mass is 350 g/mol. The first-order valence-corrected chi connectivity index (χ1v) is 8.72. The first kappa shape index (κ1) is 15.5. The lowest BCUT2D eigenvalue weighted by atomic mass is 10.0. The molecule has 1 aliphatic rings. The third kappa shape index (κ3) is 8.17. The fourth-order valence-corrected chi connectivity index (χ4v) is 3.28. The minimum absolute atomic E-state index is 0.290. The Kier molecular flexibility index (Phi) is 9.40. The predicted molar refractivity (Wildman–Crippen MR) is 82.8 cm³/mol. The minimum atomic E-state index is 0.290. The topological polar surface area (TPSA) is 17.1 Å². The van der Waals surface area contributed by atoms with E-state index < -0.39 is 0 Å². The van der Waals surface area contributed by atoms with Crippen LogP contribution in [0.1, 0.15) is 83.5 Å². The summed E-state index contributed by atoms with van der Waals surface area (Å²) < 4.78 is 0.290. The summed E-state index contributed by atoms with van der Waals surface area (Å²) in [6, 6.07) is 0. The van der Waals surface area contributed by atoms with Gasteiger partial charge in [-0.2, -0.15) is 0 Å². The molecule has 0 heterocycles. The summed E-state index contributed by atoms with van der Waals surface area (Å²) in [4.78, 5) is 11.8. The normalized spacial score (nSPS) is 27.1. The highest BCUT2D eigenvalue weighted by molar-refractivity contribution is 14.1. The molecule has 0 bridgehead atoms. The lowest BCUT2D eigenvalue weighted by molar-refractivity contribution is -0.118. The van der Waals surface area contributed by atoms with E-state index in [1.165, 1.54) is 64.2 Å². The molecule has 1 unspecified atom stereocenters. The number of Topliss-reactive ketones (excluding diaryl/α,β-unsaturated/α-hetero) is 1. The molecule has 0 saturated heterocycles. The van der Waals surface area contributed by atoms with Crippen molar-refractivity contribution in [1.29, 1.82) is 0 Å². The molecule has 100 valence electrons. The number of rotatable bonds is 0. The summed E-state index contributed by atoms with van der Waals surface area (Å²) in [6.45, 7) is 0. The van der Waals surface area contributed by atoms with Crippen LogP contribution < -0.4 is 0 Å².